The summed E-state index contributed by atoms with van der Waals surface area (Å²) in [5, 5.41) is 3.38. The molecule has 1 unspecified atom stereocenters. The first-order chi connectivity index (χ1) is 9.13. The van der Waals surface area contributed by atoms with Gasteiger partial charge in [0.15, 0.2) is 0 Å². The molecule has 0 aromatic heterocycles. The molecule has 0 bridgehead atoms. The maximum Gasteiger partial charge on any atom is 0.228 e. The number of piperidine rings is 1. The third-order valence-electron chi connectivity index (χ3n) is 5.15. The average molecular weight is 267 g/mol. The molecule has 1 N–H and O–H groups in total. The number of nitrogens with one attached hydrogen (secondary N) is 1. The molecule has 4 heteroatoms. The van der Waals surface area contributed by atoms with E-state index in [4.69, 9.17) is 0 Å². The van der Waals surface area contributed by atoms with Crippen LogP contribution in [0.15, 0.2) is 0 Å². The SMILES string of the molecule is CCN1CCN(C(=O)C2(CC)CCNCC2)CC1C. The molecule has 2 saturated heterocycles. The first-order valence-electron chi connectivity index (χ1n) is 7.87. The van der Waals surface area contributed by atoms with E-state index in [1.54, 1.807) is 0 Å². The topological polar surface area (TPSA) is 35.6 Å². The third-order valence-corrected chi connectivity index (χ3v) is 5.15. The quantitative estimate of drug-likeness (QED) is 0.838. The Morgan fingerprint density at radius 3 is 2.47 bits per heavy atom. The predicted octanol–water partition coefficient (Wildman–Crippen LogP) is 1.32. The normalized spacial score (nSPS) is 28.4. The molecule has 2 aliphatic heterocycles. The molecule has 0 aromatic rings. The van der Waals surface area contributed by atoms with Gasteiger partial charge in [-0.1, -0.05) is 13.8 Å². The number of nitrogens with zero attached hydrogens (tertiary/aromatic N) is 2. The standard InChI is InChI=1S/C15H29N3O/c1-4-15(6-8-16-9-7-15)14(19)18-11-10-17(5-2)13(3)12-18/h13,16H,4-12H2,1-3H3. The molecule has 1 atom stereocenters. The highest BCUT2D eigenvalue weighted by atomic mass is 16.2. The highest BCUT2D eigenvalue weighted by Gasteiger charge is 2.41. The van der Waals surface area contributed by atoms with Gasteiger partial charge in [0, 0.05) is 25.7 Å². The fourth-order valence-corrected chi connectivity index (χ4v) is 3.61. The Morgan fingerprint density at radius 1 is 1.26 bits per heavy atom. The molecule has 4 nitrogen and oxygen atoms in total. The van der Waals surface area contributed by atoms with Crippen molar-refractivity contribution in [3.8, 4) is 0 Å². The summed E-state index contributed by atoms with van der Waals surface area (Å²) in [5.74, 6) is 0.416. The highest BCUT2D eigenvalue weighted by molar-refractivity contribution is 5.83. The van der Waals surface area contributed by atoms with Gasteiger partial charge >= 0.3 is 0 Å². The zero-order chi connectivity index (χ0) is 13.9. The summed E-state index contributed by atoms with van der Waals surface area (Å²) in [6, 6.07) is 0.498. The monoisotopic (exact) mass is 267 g/mol. The Labute approximate surface area is 117 Å². The van der Waals surface area contributed by atoms with E-state index in [2.05, 4.69) is 35.9 Å². The molecule has 0 spiro atoms. The second kappa shape index (κ2) is 6.23. The first kappa shape index (κ1) is 14.8. The number of carbonyl (C=O) groups is 1. The predicted molar refractivity (Wildman–Crippen MR) is 78.1 cm³/mol. The smallest absolute Gasteiger partial charge is 0.228 e. The van der Waals surface area contributed by atoms with Crippen LogP contribution in [0.5, 0.6) is 0 Å². The van der Waals surface area contributed by atoms with Crippen molar-refractivity contribution in [2.24, 2.45) is 5.41 Å². The minimum atomic E-state index is -0.0840. The second-order valence-electron chi connectivity index (χ2n) is 6.11. The molecule has 110 valence electrons. The van der Waals surface area contributed by atoms with Gasteiger partial charge in [-0.05, 0) is 45.8 Å². The molecule has 0 aromatic carbocycles. The van der Waals surface area contributed by atoms with E-state index in [0.29, 0.717) is 11.9 Å². The van der Waals surface area contributed by atoms with Crippen LogP contribution in [0, 0.1) is 5.41 Å². The summed E-state index contributed by atoms with van der Waals surface area (Å²) >= 11 is 0. The summed E-state index contributed by atoms with van der Waals surface area (Å²) in [6.07, 6.45) is 2.99. The second-order valence-corrected chi connectivity index (χ2v) is 6.11. The number of hydrogen-bond acceptors (Lipinski definition) is 3. The van der Waals surface area contributed by atoms with E-state index in [-0.39, 0.29) is 5.41 Å². The van der Waals surface area contributed by atoms with Crippen LogP contribution in [0.1, 0.15) is 40.0 Å². The van der Waals surface area contributed by atoms with Gasteiger partial charge in [0.2, 0.25) is 5.91 Å². The van der Waals surface area contributed by atoms with E-state index in [1.807, 2.05) is 0 Å². The van der Waals surface area contributed by atoms with Crippen LogP contribution in [0.4, 0.5) is 0 Å². The molecule has 2 rings (SSSR count). The number of piperazine rings is 1. The van der Waals surface area contributed by atoms with Crippen LogP contribution < -0.4 is 5.32 Å². The Balaban J connectivity index is 2.02. The molecule has 2 fully saturated rings. The van der Waals surface area contributed by atoms with Gasteiger partial charge in [0.25, 0.3) is 0 Å². The van der Waals surface area contributed by atoms with Crippen molar-refractivity contribution in [1.29, 1.82) is 0 Å². The fourth-order valence-electron chi connectivity index (χ4n) is 3.61. The fraction of sp³-hybridized carbons (Fsp3) is 0.933. The van der Waals surface area contributed by atoms with Crippen molar-refractivity contribution < 1.29 is 4.79 Å². The molecular weight excluding hydrogens is 238 g/mol. The molecule has 1 amide bonds. The van der Waals surface area contributed by atoms with Crippen molar-refractivity contribution >= 4 is 5.91 Å². The van der Waals surface area contributed by atoms with Crippen molar-refractivity contribution in [2.45, 2.75) is 46.1 Å². The summed E-state index contributed by atoms with van der Waals surface area (Å²) < 4.78 is 0. The number of rotatable bonds is 3. The number of likely N-dealkylation sites (N-methyl/N-ethyl adjacent to an activating group) is 1. The lowest BCUT2D eigenvalue weighted by atomic mass is 9.75. The van der Waals surface area contributed by atoms with Crippen LogP contribution in [0.25, 0.3) is 0 Å². The maximum atomic E-state index is 12.9. The van der Waals surface area contributed by atoms with Gasteiger partial charge in [-0.2, -0.15) is 0 Å². The summed E-state index contributed by atoms with van der Waals surface area (Å²) in [4.78, 5) is 17.5. The van der Waals surface area contributed by atoms with E-state index >= 15 is 0 Å². The zero-order valence-electron chi connectivity index (χ0n) is 12.7. The van der Waals surface area contributed by atoms with Crippen LogP contribution in [0.3, 0.4) is 0 Å². The van der Waals surface area contributed by atoms with Crippen LogP contribution in [0.2, 0.25) is 0 Å². The van der Waals surface area contributed by atoms with Crippen LogP contribution in [-0.4, -0.2) is 61.0 Å². The van der Waals surface area contributed by atoms with Gasteiger partial charge in [0.1, 0.15) is 0 Å². The molecule has 0 aliphatic carbocycles. The average Bonchev–Trinajstić information content (AvgIpc) is 2.47. The van der Waals surface area contributed by atoms with Gasteiger partial charge in [-0.3, -0.25) is 9.69 Å². The third kappa shape index (κ3) is 2.95. The lowest BCUT2D eigenvalue weighted by molar-refractivity contribution is -0.147. The minimum Gasteiger partial charge on any atom is -0.339 e. The molecule has 2 aliphatic rings. The molecule has 0 radical (unpaired) electrons. The summed E-state index contributed by atoms with van der Waals surface area (Å²) in [5.41, 5.74) is -0.0840. The molecule has 0 saturated carbocycles. The summed E-state index contributed by atoms with van der Waals surface area (Å²) in [7, 11) is 0. The lowest BCUT2D eigenvalue weighted by Crippen LogP contribution is -2.57. The van der Waals surface area contributed by atoms with Gasteiger partial charge in [-0.25, -0.2) is 0 Å². The number of carbonyl (C=O) groups excluding carboxylic acids is 1. The number of amides is 1. The largest absolute Gasteiger partial charge is 0.339 e. The zero-order valence-corrected chi connectivity index (χ0v) is 12.7. The highest BCUT2D eigenvalue weighted by Crippen LogP contribution is 2.35. The summed E-state index contributed by atoms with van der Waals surface area (Å²) in [6.45, 7) is 12.5. The molecule has 19 heavy (non-hydrogen) atoms. The van der Waals surface area contributed by atoms with E-state index in [1.165, 1.54) is 0 Å². The van der Waals surface area contributed by atoms with Gasteiger partial charge in [0.05, 0.1) is 5.41 Å². The first-order valence-corrected chi connectivity index (χ1v) is 7.87. The Hall–Kier alpha value is -0.610. The molecule has 2 heterocycles. The lowest BCUT2D eigenvalue weighted by Gasteiger charge is -2.45. The van der Waals surface area contributed by atoms with Crippen molar-refractivity contribution in [2.75, 3.05) is 39.3 Å². The van der Waals surface area contributed by atoms with E-state index in [0.717, 1.165) is 58.5 Å². The number of hydrogen-bond donors (Lipinski definition) is 1. The van der Waals surface area contributed by atoms with Crippen molar-refractivity contribution in [3.63, 3.8) is 0 Å². The van der Waals surface area contributed by atoms with Gasteiger partial charge < -0.3 is 10.2 Å². The molecular formula is C15H29N3O. The maximum absolute atomic E-state index is 12.9. The Morgan fingerprint density at radius 2 is 1.95 bits per heavy atom. The van der Waals surface area contributed by atoms with Crippen LogP contribution >= 0.6 is 0 Å². The Bertz CT molecular complexity index is 313. The van der Waals surface area contributed by atoms with Gasteiger partial charge in [-0.15, -0.1) is 0 Å². The van der Waals surface area contributed by atoms with E-state index < -0.39 is 0 Å². The minimum absolute atomic E-state index is 0.0840. The van der Waals surface area contributed by atoms with E-state index in [9.17, 15) is 4.79 Å². The van der Waals surface area contributed by atoms with Crippen LogP contribution in [-0.2, 0) is 4.79 Å². The Kier molecular flexibility index (Phi) is 4.85. The van der Waals surface area contributed by atoms with Crippen molar-refractivity contribution in [1.82, 2.24) is 15.1 Å². The van der Waals surface area contributed by atoms with Crippen molar-refractivity contribution in [3.05, 3.63) is 0 Å².